The second-order valence-corrected chi connectivity index (χ2v) is 6.48. The highest BCUT2D eigenvalue weighted by Gasteiger charge is 2.39. The fourth-order valence-corrected chi connectivity index (χ4v) is 3.05. The van der Waals surface area contributed by atoms with Crippen LogP contribution in [0.4, 0.5) is 0 Å². The Bertz CT molecular complexity index is 542. The molecule has 0 radical (unpaired) electrons. The van der Waals surface area contributed by atoms with Gasteiger partial charge in [-0.15, -0.1) is 0 Å². The summed E-state index contributed by atoms with van der Waals surface area (Å²) in [6.07, 6.45) is 2.85. The van der Waals surface area contributed by atoms with Gasteiger partial charge in [0.05, 0.1) is 0 Å². The van der Waals surface area contributed by atoms with Gasteiger partial charge in [-0.1, -0.05) is 22.0 Å². The van der Waals surface area contributed by atoms with Crippen molar-refractivity contribution in [3.05, 3.63) is 34.3 Å². The number of hydrogen-bond donors (Lipinski definition) is 1. The Morgan fingerprint density at radius 1 is 1.40 bits per heavy atom. The third kappa shape index (κ3) is 3.03. The SMILES string of the molecule is O=C(NCC1CC(=O)N(C2CC2)C1)c1cccc(Br)c1. The van der Waals surface area contributed by atoms with Crippen molar-refractivity contribution < 1.29 is 9.59 Å². The minimum absolute atomic E-state index is 0.0800. The summed E-state index contributed by atoms with van der Waals surface area (Å²) in [6, 6.07) is 7.79. The molecule has 1 aliphatic carbocycles. The number of likely N-dealkylation sites (tertiary alicyclic amines) is 1. The first kappa shape index (κ1) is 13.6. The van der Waals surface area contributed by atoms with Crippen LogP contribution in [-0.4, -0.2) is 35.8 Å². The van der Waals surface area contributed by atoms with Crippen molar-refractivity contribution in [2.75, 3.05) is 13.1 Å². The molecule has 1 N–H and O–H groups in total. The lowest BCUT2D eigenvalue weighted by Crippen LogP contribution is -2.32. The van der Waals surface area contributed by atoms with Gasteiger partial charge in [-0.25, -0.2) is 0 Å². The molecule has 1 saturated heterocycles. The number of hydrogen-bond acceptors (Lipinski definition) is 2. The van der Waals surface area contributed by atoms with Crippen molar-refractivity contribution in [3.8, 4) is 0 Å². The normalized spacial score (nSPS) is 22.1. The summed E-state index contributed by atoms with van der Waals surface area (Å²) in [5.41, 5.74) is 0.641. The molecular weight excluding hydrogens is 320 g/mol. The van der Waals surface area contributed by atoms with Gasteiger partial charge < -0.3 is 10.2 Å². The van der Waals surface area contributed by atoms with Gasteiger partial charge in [-0.05, 0) is 31.0 Å². The predicted octanol–water partition coefficient (Wildman–Crippen LogP) is 2.19. The molecule has 1 heterocycles. The molecule has 2 aliphatic rings. The van der Waals surface area contributed by atoms with E-state index < -0.39 is 0 Å². The number of benzene rings is 1. The number of nitrogens with zero attached hydrogens (tertiary/aromatic N) is 1. The van der Waals surface area contributed by atoms with Crippen LogP contribution in [0, 0.1) is 5.92 Å². The zero-order valence-electron chi connectivity index (χ0n) is 11.1. The van der Waals surface area contributed by atoms with E-state index in [2.05, 4.69) is 21.2 Å². The van der Waals surface area contributed by atoms with Crippen molar-refractivity contribution >= 4 is 27.7 Å². The second kappa shape index (κ2) is 5.56. The van der Waals surface area contributed by atoms with Crippen molar-refractivity contribution in [2.45, 2.75) is 25.3 Å². The highest BCUT2D eigenvalue weighted by atomic mass is 79.9. The summed E-state index contributed by atoms with van der Waals surface area (Å²) < 4.78 is 0.890. The van der Waals surface area contributed by atoms with Crippen LogP contribution in [0.15, 0.2) is 28.7 Å². The van der Waals surface area contributed by atoms with Gasteiger partial charge >= 0.3 is 0 Å². The maximum atomic E-state index is 12.0. The topological polar surface area (TPSA) is 49.4 Å². The first-order chi connectivity index (χ1) is 9.63. The molecular formula is C15H17BrN2O2. The molecule has 106 valence electrons. The van der Waals surface area contributed by atoms with E-state index in [1.54, 1.807) is 12.1 Å². The maximum Gasteiger partial charge on any atom is 0.251 e. The standard InChI is InChI=1S/C15H17BrN2O2/c16-12-3-1-2-11(7-12)15(20)17-8-10-6-14(19)18(9-10)13-4-5-13/h1-3,7,10,13H,4-6,8-9H2,(H,17,20). The van der Waals surface area contributed by atoms with Crippen molar-refractivity contribution in [1.82, 2.24) is 10.2 Å². The number of nitrogens with one attached hydrogen (secondary N) is 1. The van der Waals surface area contributed by atoms with E-state index in [0.29, 0.717) is 24.6 Å². The van der Waals surface area contributed by atoms with Crippen molar-refractivity contribution in [1.29, 1.82) is 0 Å². The van der Waals surface area contributed by atoms with Crippen LogP contribution in [0.3, 0.4) is 0 Å². The summed E-state index contributed by atoms with van der Waals surface area (Å²) in [5, 5.41) is 2.93. The Morgan fingerprint density at radius 3 is 2.90 bits per heavy atom. The van der Waals surface area contributed by atoms with Crippen LogP contribution < -0.4 is 5.32 Å². The van der Waals surface area contributed by atoms with E-state index in [9.17, 15) is 9.59 Å². The van der Waals surface area contributed by atoms with Gasteiger partial charge in [-0.3, -0.25) is 9.59 Å². The zero-order chi connectivity index (χ0) is 14.1. The molecule has 0 aromatic heterocycles. The highest BCUT2D eigenvalue weighted by molar-refractivity contribution is 9.10. The molecule has 2 amide bonds. The maximum absolute atomic E-state index is 12.0. The molecule has 1 saturated carbocycles. The molecule has 0 spiro atoms. The van der Waals surface area contributed by atoms with Gasteiger partial charge in [0.2, 0.25) is 5.91 Å². The van der Waals surface area contributed by atoms with E-state index in [1.807, 2.05) is 17.0 Å². The lowest BCUT2D eigenvalue weighted by molar-refractivity contribution is -0.128. The van der Waals surface area contributed by atoms with Crippen molar-refractivity contribution in [3.63, 3.8) is 0 Å². The molecule has 3 rings (SSSR count). The molecule has 1 aliphatic heterocycles. The van der Waals surface area contributed by atoms with E-state index in [-0.39, 0.29) is 17.7 Å². The number of carbonyl (C=O) groups excluding carboxylic acids is 2. The van der Waals surface area contributed by atoms with Crippen LogP contribution in [0.25, 0.3) is 0 Å². The zero-order valence-corrected chi connectivity index (χ0v) is 12.7. The average molecular weight is 337 g/mol. The van der Waals surface area contributed by atoms with Crippen molar-refractivity contribution in [2.24, 2.45) is 5.92 Å². The van der Waals surface area contributed by atoms with E-state index in [4.69, 9.17) is 0 Å². The van der Waals surface area contributed by atoms with Gasteiger partial charge in [0, 0.05) is 41.5 Å². The molecule has 1 unspecified atom stereocenters. The summed E-state index contributed by atoms with van der Waals surface area (Å²) in [4.78, 5) is 25.8. The lowest BCUT2D eigenvalue weighted by Gasteiger charge is -2.15. The quantitative estimate of drug-likeness (QED) is 0.916. The molecule has 1 aromatic carbocycles. The minimum atomic E-state index is -0.0800. The molecule has 0 bridgehead atoms. The van der Waals surface area contributed by atoms with Crippen LogP contribution in [0.5, 0.6) is 0 Å². The van der Waals surface area contributed by atoms with E-state index in [1.165, 1.54) is 0 Å². The first-order valence-corrected chi connectivity index (χ1v) is 7.76. The van der Waals surface area contributed by atoms with Crippen LogP contribution in [0.2, 0.25) is 0 Å². The molecule has 1 atom stereocenters. The molecule has 5 heteroatoms. The summed E-state index contributed by atoms with van der Waals surface area (Å²) in [5.74, 6) is 0.414. The number of halogens is 1. The fourth-order valence-electron chi connectivity index (χ4n) is 2.65. The van der Waals surface area contributed by atoms with E-state index >= 15 is 0 Å². The minimum Gasteiger partial charge on any atom is -0.352 e. The fraction of sp³-hybridized carbons (Fsp3) is 0.467. The van der Waals surface area contributed by atoms with Gasteiger partial charge in [-0.2, -0.15) is 0 Å². The van der Waals surface area contributed by atoms with Crippen LogP contribution >= 0.6 is 15.9 Å². The van der Waals surface area contributed by atoms with Gasteiger partial charge in [0.15, 0.2) is 0 Å². The molecule has 20 heavy (non-hydrogen) atoms. The number of carbonyl (C=O) groups is 2. The second-order valence-electron chi connectivity index (χ2n) is 5.57. The largest absolute Gasteiger partial charge is 0.352 e. The van der Waals surface area contributed by atoms with Gasteiger partial charge in [0.1, 0.15) is 0 Å². The third-order valence-corrected chi connectivity index (χ3v) is 4.36. The summed E-state index contributed by atoms with van der Waals surface area (Å²) >= 11 is 3.36. The lowest BCUT2D eigenvalue weighted by atomic mass is 10.1. The van der Waals surface area contributed by atoms with Crippen LogP contribution in [-0.2, 0) is 4.79 Å². The highest BCUT2D eigenvalue weighted by Crippen LogP contribution is 2.32. The Balaban J connectivity index is 1.52. The average Bonchev–Trinajstić information content (AvgIpc) is 3.20. The molecule has 2 fully saturated rings. The number of amides is 2. The van der Waals surface area contributed by atoms with Gasteiger partial charge in [0.25, 0.3) is 5.91 Å². The summed E-state index contributed by atoms with van der Waals surface area (Å²) in [6.45, 7) is 1.36. The Labute approximate surface area is 126 Å². The Kier molecular flexibility index (Phi) is 3.78. The summed E-state index contributed by atoms with van der Waals surface area (Å²) in [7, 11) is 0. The Morgan fingerprint density at radius 2 is 2.20 bits per heavy atom. The Hall–Kier alpha value is -1.36. The van der Waals surface area contributed by atoms with Crippen LogP contribution in [0.1, 0.15) is 29.6 Å². The first-order valence-electron chi connectivity index (χ1n) is 6.96. The number of rotatable bonds is 4. The van der Waals surface area contributed by atoms with E-state index in [0.717, 1.165) is 23.9 Å². The molecule has 1 aromatic rings. The smallest absolute Gasteiger partial charge is 0.251 e. The monoisotopic (exact) mass is 336 g/mol. The molecule has 4 nitrogen and oxygen atoms in total. The third-order valence-electron chi connectivity index (χ3n) is 3.86. The predicted molar refractivity (Wildman–Crippen MR) is 79.3 cm³/mol.